The van der Waals surface area contributed by atoms with Gasteiger partial charge in [0.1, 0.15) is 0 Å². The van der Waals surface area contributed by atoms with Crippen LogP contribution in [0, 0.1) is 0 Å². The molecule has 3 aromatic rings. The third-order valence-electron chi connectivity index (χ3n) is 3.85. The molecule has 2 aromatic carbocycles. The first-order valence-corrected chi connectivity index (χ1v) is 9.27. The van der Waals surface area contributed by atoms with E-state index in [-0.39, 0.29) is 17.9 Å². The average molecular weight is 394 g/mol. The molecule has 0 aliphatic rings. The van der Waals surface area contributed by atoms with Gasteiger partial charge < -0.3 is 9.30 Å². The number of imidazole rings is 1. The summed E-state index contributed by atoms with van der Waals surface area (Å²) in [7, 11) is 0. The Bertz CT molecular complexity index is 939. The minimum atomic E-state index is -4.43. The number of fused-ring (bicyclic) bond motifs is 1. The van der Waals surface area contributed by atoms with Gasteiger partial charge in [-0.1, -0.05) is 42.1 Å². The first-order valence-electron chi connectivity index (χ1n) is 8.28. The first kappa shape index (κ1) is 19.3. The molecule has 1 aromatic heterocycles. The first-order chi connectivity index (χ1) is 12.9. The number of rotatable bonds is 6. The number of carbonyl (C=O) groups excluding carboxylic acids is 1. The maximum absolute atomic E-state index is 13.0. The lowest BCUT2D eigenvalue weighted by Gasteiger charge is -2.10. The van der Waals surface area contributed by atoms with E-state index in [0.717, 1.165) is 29.5 Å². The van der Waals surface area contributed by atoms with Crippen LogP contribution in [0.1, 0.15) is 18.1 Å². The third kappa shape index (κ3) is 4.63. The molecule has 0 unspecified atom stereocenters. The highest BCUT2D eigenvalue weighted by atomic mass is 32.2. The normalized spacial score (nSPS) is 11.7. The Morgan fingerprint density at radius 1 is 1.19 bits per heavy atom. The van der Waals surface area contributed by atoms with Crippen molar-refractivity contribution in [2.24, 2.45) is 0 Å². The molecule has 0 saturated heterocycles. The van der Waals surface area contributed by atoms with Crippen LogP contribution in [0.25, 0.3) is 11.0 Å². The predicted octanol–water partition coefficient (Wildman–Crippen LogP) is 4.76. The summed E-state index contributed by atoms with van der Waals surface area (Å²) in [4.78, 5) is 16.0. The van der Waals surface area contributed by atoms with Gasteiger partial charge in [-0.15, -0.1) is 0 Å². The lowest BCUT2D eigenvalue weighted by Crippen LogP contribution is -2.08. The molecule has 142 valence electrons. The van der Waals surface area contributed by atoms with E-state index in [1.54, 1.807) is 6.92 Å². The van der Waals surface area contributed by atoms with Crippen molar-refractivity contribution >= 4 is 28.8 Å². The number of alkyl halides is 3. The highest BCUT2D eigenvalue weighted by molar-refractivity contribution is 7.99. The summed E-state index contributed by atoms with van der Waals surface area (Å²) >= 11 is 1.15. The predicted molar refractivity (Wildman–Crippen MR) is 97.6 cm³/mol. The molecule has 4 nitrogen and oxygen atoms in total. The molecule has 27 heavy (non-hydrogen) atoms. The van der Waals surface area contributed by atoms with Gasteiger partial charge in [0, 0.05) is 0 Å². The van der Waals surface area contributed by atoms with Crippen molar-refractivity contribution in [2.75, 3.05) is 12.4 Å². The molecule has 0 bridgehead atoms. The van der Waals surface area contributed by atoms with Gasteiger partial charge >= 0.3 is 12.1 Å². The smallest absolute Gasteiger partial charge is 0.416 e. The fourth-order valence-electron chi connectivity index (χ4n) is 2.64. The van der Waals surface area contributed by atoms with Crippen molar-refractivity contribution in [3.63, 3.8) is 0 Å². The molecular formula is C19H17F3N2O2S. The van der Waals surface area contributed by atoms with Crippen LogP contribution in [0.4, 0.5) is 13.2 Å². The van der Waals surface area contributed by atoms with E-state index in [1.165, 1.54) is 6.07 Å². The highest BCUT2D eigenvalue weighted by Gasteiger charge is 2.31. The molecule has 0 N–H and O–H groups in total. The van der Waals surface area contributed by atoms with Crippen molar-refractivity contribution in [1.29, 1.82) is 0 Å². The summed E-state index contributed by atoms with van der Waals surface area (Å²) in [6.07, 6.45) is -4.43. The molecule has 1 heterocycles. The Morgan fingerprint density at radius 3 is 2.59 bits per heavy atom. The fourth-order valence-corrected chi connectivity index (χ4v) is 3.45. The lowest BCUT2D eigenvalue weighted by atomic mass is 10.2. The Hall–Kier alpha value is -2.48. The minimum Gasteiger partial charge on any atom is -0.465 e. The average Bonchev–Trinajstić information content (AvgIpc) is 2.97. The van der Waals surface area contributed by atoms with Crippen LogP contribution in [0.15, 0.2) is 53.7 Å². The van der Waals surface area contributed by atoms with Gasteiger partial charge in [0.05, 0.1) is 35.5 Å². The standard InChI is InChI=1S/C19H17F3N2O2S/c1-2-26-17(25)12-27-18-23-15-10-14(19(20,21)22)8-9-16(15)24(18)11-13-6-4-3-5-7-13/h3-10H,2,11-12H2,1H3. The molecule has 3 rings (SSSR count). The topological polar surface area (TPSA) is 44.1 Å². The van der Waals surface area contributed by atoms with Crippen molar-refractivity contribution in [3.8, 4) is 0 Å². The molecule has 0 aliphatic heterocycles. The van der Waals surface area contributed by atoms with Crippen molar-refractivity contribution in [3.05, 3.63) is 59.7 Å². The van der Waals surface area contributed by atoms with Crippen LogP contribution < -0.4 is 0 Å². The number of esters is 1. The van der Waals surface area contributed by atoms with Gasteiger partial charge in [0.25, 0.3) is 0 Å². The van der Waals surface area contributed by atoms with E-state index in [0.29, 0.717) is 17.2 Å². The van der Waals surface area contributed by atoms with Crippen LogP contribution in [0.5, 0.6) is 0 Å². The minimum absolute atomic E-state index is 0.0398. The molecular weight excluding hydrogens is 377 g/mol. The summed E-state index contributed by atoms with van der Waals surface area (Å²) in [5, 5.41) is 0.473. The van der Waals surface area contributed by atoms with Gasteiger partial charge in [-0.3, -0.25) is 4.79 Å². The second-order valence-corrected chi connectivity index (χ2v) is 6.70. The van der Waals surface area contributed by atoms with E-state index in [9.17, 15) is 18.0 Å². The van der Waals surface area contributed by atoms with E-state index in [1.807, 2.05) is 34.9 Å². The molecule has 0 amide bonds. The number of nitrogens with zero attached hydrogens (tertiary/aromatic N) is 2. The van der Waals surface area contributed by atoms with Gasteiger partial charge in [-0.05, 0) is 30.7 Å². The van der Waals surface area contributed by atoms with E-state index in [2.05, 4.69) is 4.98 Å². The number of hydrogen-bond acceptors (Lipinski definition) is 4. The number of hydrogen-bond donors (Lipinski definition) is 0. The van der Waals surface area contributed by atoms with Gasteiger partial charge in [0.15, 0.2) is 5.16 Å². The number of carbonyl (C=O) groups is 1. The SMILES string of the molecule is CCOC(=O)CSc1nc2cc(C(F)(F)F)ccc2n1Cc1ccccc1. The molecule has 0 saturated carbocycles. The molecule has 0 fully saturated rings. The van der Waals surface area contributed by atoms with Crippen molar-refractivity contribution < 1.29 is 22.7 Å². The summed E-state index contributed by atoms with van der Waals surface area (Å²) in [6.45, 7) is 2.43. The summed E-state index contributed by atoms with van der Waals surface area (Å²) in [6, 6.07) is 13.0. The Kier molecular flexibility index (Phi) is 5.74. The highest BCUT2D eigenvalue weighted by Crippen LogP contribution is 2.33. The number of halogens is 3. The van der Waals surface area contributed by atoms with Crippen LogP contribution >= 0.6 is 11.8 Å². The second-order valence-electron chi connectivity index (χ2n) is 5.76. The number of ether oxygens (including phenoxy) is 1. The van der Waals surface area contributed by atoms with Crippen LogP contribution in [-0.4, -0.2) is 27.9 Å². The number of benzene rings is 2. The molecule has 0 spiro atoms. The number of aromatic nitrogens is 2. The molecule has 8 heteroatoms. The number of thioether (sulfide) groups is 1. The lowest BCUT2D eigenvalue weighted by molar-refractivity contribution is -0.140. The van der Waals surface area contributed by atoms with Gasteiger partial charge in [0.2, 0.25) is 0 Å². The zero-order valence-corrected chi connectivity index (χ0v) is 15.3. The molecule has 0 aliphatic carbocycles. The fraction of sp³-hybridized carbons (Fsp3) is 0.263. The maximum atomic E-state index is 13.0. The summed E-state index contributed by atoms with van der Waals surface area (Å²) in [5.41, 5.74) is 1.06. The van der Waals surface area contributed by atoms with E-state index < -0.39 is 17.7 Å². The second kappa shape index (κ2) is 8.04. The summed E-state index contributed by atoms with van der Waals surface area (Å²) in [5.74, 6) is -0.352. The monoisotopic (exact) mass is 394 g/mol. The molecule has 0 atom stereocenters. The largest absolute Gasteiger partial charge is 0.465 e. The molecule has 0 radical (unpaired) electrons. The van der Waals surface area contributed by atoms with Crippen molar-refractivity contribution in [2.45, 2.75) is 24.8 Å². The van der Waals surface area contributed by atoms with E-state index in [4.69, 9.17) is 4.74 Å². The third-order valence-corrected chi connectivity index (χ3v) is 4.80. The Balaban J connectivity index is 1.99. The van der Waals surface area contributed by atoms with Crippen LogP contribution in [0.2, 0.25) is 0 Å². The quantitative estimate of drug-likeness (QED) is 0.447. The van der Waals surface area contributed by atoms with Crippen molar-refractivity contribution in [1.82, 2.24) is 9.55 Å². The van der Waals surface area contributed by atoms with Gasteiger partial charge in [-0.25, -0.2) is 4.98 Å². The van der Waals surface area contributed by atoms with Gasteiger partial charge in [-0.2, -0.15) is 13.2 Å². The summed E-state index contributed by atoms with van der Waals surface area (Å²) < 4.78 is 45.8. The van der Waals surface area contributed by atoms with Crippen LogP contribution in [-0.2, 0) is 22.3 Å². The Morgan fingerprint density at radius 2 is 1.93 bits per heavy atom. The zero-order chi connectivity index (χ0) is 19.4. The Labute approximate surface area is 158 Å². The zero-order valence-electron chi connectivity index (χ0n) is 14.5. The van der Waals surface area contributed by atoms with Crippen LogP contribution in [0.3, 0.4) is 0 Å². The van der Waals surface area contributed by atoms with E-state index >= 15 is 0 Å². The maximum Gasteiger partial charge on any atom is 0.416 e.